The van der Waals surface area contributed by atoms with Crippen molar-refractivity contribution in [2.24, 2.45) is 0 Å². The number of benzene rings is 1. The van der Waals surface area contributed by atoms with Gasteiger partial charge in [-0.05, 0) is 25.8 Å². The number of aryl methyl sites for hydroxylation is 1. The van der Waals surface area contributed by atoms with Gasteiger partial charge in [0.1, 0.15) is 11.3 Å². The fourth-order valence-corrected chi connectivity index (χ4v) is 4.98. The number of hydrogen-bond donors (Lipinski definition) is 2. The molecule has 2 N–H and O–H groups in total. The van der Waals surface area contributed by atoms with Crippen molar-refractivity contribution in [3.63, 3.8) is 0 Å². The molecule has 1 aromatic carbocycles. The van der Waals surface area contributed by atoms with Gasteiger partial charge in [0, 0.05) is 50.3 Å². The number of para-hydroxylation sites is 1. The molecule has 0 unspecified atom stereocenters. The predicted molar refractivity (Wildman–Crippen MR) is 112 cm³/mol. The summed E-state index contributed by atoms with van der Waals surface area (Å²) in [4.78, 5) is 13.9. The third-order valence-electron chi connectivity index (χ3n) is 6.62. The number of rotatable bonds is 4. The lowest BCUT2D eigenvalue weighted by Crippen LogP contribution is -2.63. The summed E-state index contributed by atoms with van der Waals surface area (Å²) in [6.45, 7) is 8.50. The van der Waals surface area contributed by atoms with Crippen LogP contribution >= 0.6 is 0 Å². The maximum absolute atomic E-state index is 11.4. The molecule has 2 aromatic rings. The first-order chi connectivity index (χ1) is 13.8. The van der Waals surface area contributed by atoms with Crippen LogP contribution in [0.3, 0.4) is 0 Å². The number of carbonyl (C=O) groups is 1. The summed E-state index contributed by atoms with van der Waals surface area (Å²) in [5, 5.41) is 15.0. The third-order valence-corrected chi connectivity index (χ3v) is 6.62. The monoisotopic (exact) mass is 400 g/mol. The second kappa shape index (κ2) is 7.74. The van der Waals surface area contributed by atoms with Crippen molar-refractivity contribution in [2.75, 3.05) is 19.7 Å². The van der Waals surface area contributed by atoms with Crippen molar-refractivity contribution in [2.45, 2.75) is 70.2 Å². The van der Waals surface area contributed by atoms with Crippen molar-refractivity contribution >= 4 is 16.9 Å². The fraction of sp³-hybridized carbons (Fsp3) is 0.609. The Labute approximate surface area is 172 Å². The highest BCUT2D eigenvalue weighted by molar-refractivity contribution is 5.82. The van der Waals surface area contributed by atoms with Crippen LogP contribution in [0.2, 0.25) is 0 Å². The van der Waals surface area contributed by atoms with Crippen LogP contribution in [0, 0.1) is 0 Å². The summed E-state index contributed by atoms with van der Waals surface area (Å²) in [5.41, 5.74) is 0.994. The van der Waals surface area contributed by atoms with E-state index in [9.17, 15) is 9.90 Å². The molecule has 2 aliphatic rings. The minimum absolute atomic E-state index is 0.135. The Kier molecular flexibility index (Phi) is 5.44. The van der Waals surface area contributed by atoms with Crippen LogP contribution in [0.5, 0.6) is 0 Å². The van der Waals surface area contributed by atoms with Crippen LogP contribution < -0.4 is 5.32 Å². The smallest absolute Gasteiger partial charge is 0.217 e. The molecule has 158 valence electrons. The molecule has 6 nitrogen and oxygen atoms in total. The molecule has 3 heterocycles. The molecular formula is C23H32N2O4. The van der Waals surface area contributed by atoms with Gasteiger partial charge in [0.25, 0.3) is 0 Å². The van der Waals surface area contributed by atoms with Crippen molar-refractivity contribution < 1.29 is 19.1 Å². The van der Waals surface area contributed by atoms with Gasteiger partial charge in [-0.15, -0.1) is 0 Å². The highest BCUT2D eigenvalue weighted by Gasteiger charge is 2.49. The summed E-state index contributed by atoms with van der Waals surface area (Å²) in [6.07, 6.45) is 3.20. The van der Waals surface area contributed by atoms with Crippen molar-refractivity contribution in [3.05, 3.63) is 35.6 Å². The molecule has 6 heteroatoms. The summed E-state index contributed by atoms with van der Waals surface area (Å²) in [6, 6.07) is 7.90. The van der Waals surface area contributed by atoms with Crippen LogP contribution in [-0.2, 0) is 22.5 Å². The van der Waals surface area contributed by atoms with Gasteiger partial charge in [-0.3, -0.25) is 9.69 Å². The highest BCUT2D eigenvalue weighted by atomic mass is 16.5. The van der Waals surface area contributed by atoms with E-state index in [1.165, 1.54) is 17.9 Å². The van der Waals surface area contributed by atoms with Gasteiger partial charge >= 0.3 is 0 Å². The molecule has 0 saturated carbocycles. The average Bonchev–Trinajstić information content (AvgIpc) is 3.03. The van der Waals surface area contributed by atoms with Crippen LogP contribution in [0.4, 0.5) is 0 Å². The van der Waals surface area contributed by atoms with E-state index in [0.29, 0.717) is 13.0 Å². The van der Waals surface area contributed by atoms with Crippen LogP contribution in [0.1, 0.15) is 51.4 Å². The number of aliphatic hydroxyl groups is 1. The Morgan fingerprint density at radius 2 is 2.03 bits per heavy atom. The zero-order chi connectivity index (χ0) is 20.6. The molecular weight excluding hydrogens is 368 g/mol. The number of likely N-dealkylation sites (tertiary alicyclic amines) is 1. The first kappa shape index (κ1) is 20.4. The number of amides is 1. The lowest BCUT2D eigenvalue weighted by Gasteiger charge is -2.51. The second-order valence-electron chi connectivity index (χ2n) is 8.91. The lowest BCUT2D eigenvalue weighted by molar-refractivity contribution is -0.189. The average molecular weight is 401 g/mol. The molecule has 2 aliphatic heterocycles. The molecule has 0 radical (unpaired) electrons. The maximum atomic E-state index is 11.4. The zero-order valence-electron chi connectivity index (χ0n) is 17.7. The molecule has 2 atom stereocenters. The Hall–Kier alpha value is -1.89. The van der Waals surface area contributed by atoms with E-state index in [-0.39, 0.29) is 17.6 Å². The Bertz CT molecular complexity index is 880. The summed E-state index contributed by atoms with van der Waals surface area (Å²) in [7, 11) is 0. The molecule has 1 amide bonds. The number of carbonyl (C=O) groups excluding carboxylic acids is 1. The molecule has 29 heavy (non-hydrogen) atoms. The third kappa shape index (κ3) is 4.06. The molecule has 1 aromatic heterocycles. The van der Waals surface area contributed by atoms with Gasteiger partial charge in [-0.25, -0.2) is 0 Å². The molecule has 4 rings (SSSR count). The number of furan rings is 1. The van der Waals surface area contributed by atoms with Crippen molar-refractivity contribution in [1.29, 1.82) is 0 Å². The predicted octanol–water partition coefficient (Wildman–Crippen LogP) is 3.01. The first-order valence-electron chi connectivity index (χ1n) is 10.7. The van der Waals surface area contributed by atoms with Crippen LogP contribution in [0.25, 0.3) is 11.0 Å². The maximum Gasteiger partial charge on any atom is 0.217 e. The number of nitrogens with one attached hydrogen (secondary N) is 1. The van der Waals surface area contributed by atoms with E-state index in [4.69, 9.17) is 9.15 Å². The van der Waals surface area contributed by atoms with Gasteiger partial charge < -0.3 is 19.6 Å². The Morgan fingerprint density at radius 1 is 1.31 bits per heavy atom. The molecule has 0 bridgehead atoms. The first-order valence-corrected chi connectivity index (χ1v) is 10.7. The number of ether oxygens (including phenoxy) is 1. The zero-order valence-corrected chi connectivity index (χ0v) is 17.7. The summed E-state index contributed by atoms with van der Waals surface area (Å²) < 4.78 is 12.3. The Balaban J connectivity index is 1.42. The van der Waals surface area contributed by atoms with Gasteiger partial charge in [-0.1, -0.05) is 25.1 Å². The number of hydrogen-bond acceptors (Lipinski definition) is 5. The lowest BCUT2D eigenvalue weighted by atomic mass is 9.75. The fourth-order valence-electron chi connectivity index (χ4n) is 4.98. The number of piperidine rings is 1. The quantitative estimate of drug-likeness (QED) is 0.825. The van der Waals surface area contributed by atoms with Crippen LogP contribution in [-0.4, -0.2) is 52.9 Å². The van der Waals surface area contributed by atoms with E-state index in [1.807, 2.05) is 19.1 Å². The van der Waals surface area contributed by atoms with Crippen molar-refractivity contribution in [3.8, 4) is 0 Å². The minimum atomic E-state index is -0.956. The normalized spacial score (nSPS) is 27.4. The van der Waals surface area contributed by atoms with E-state index in [0.717, 1.165) is 50.2 Å². The van der Waals surface area contributed by atoms with E-state index >= 15 is 0 Å². The highest BCUT2D eigenvalue weighted by Crippen LogP contribution is 2.40. The summed E-state index contributed by atoms with van der Waals surface area (Å²) in [5.74, 6) is 0.935. The Morgan fingerprint density at radius 3 is 2.69 bits per heavy atom. The van der Waals surface area contributed by atoms with Crippen LogP contribution in [0.15, 0.2) is 28.7 Å². The van der Waals surface area contributed by atoms with Gasteiger partial charge in [0.05, 0.1) is 23.9 Å². The van der Waals surface area contributed by atoms with Gasteiger partial charge in [-0.2, -0.15) is 0 Å². The molecule has 1 spiro atoms. The molecule has 2 fully saturated rings. The van der Waals surface area contributed by atoms with E-state index < -0.39 is 5.60 Å². The second-order valence-corrected chi connectivity index (χ2v) is 8.91. The van der Waals surface area contributed by atoms with E-state index in [1.54, 1.807) is 0 Å². The molecule has 2 saturated heterocycles. The molecule has 0 aliphatic carbocycles. The SMILES string of the molecule is CCc1oc2ccccc2c1CN1CCC2(CC1)C[C@](C)(O)[C@@H](NC(C)=O)CO2. The van der Waals surface area contributed by atoms with Crippen molar-refractivity contribution in [1.82, 2.24) is 10.2 Å². The largest absolute Gasteiger partial charge is 0.461 e. The van der Waals surface area contributed by atoms with Gasteiger partial charge in [0.2, 0.25) is 5.91 Å². The number of fused-ring (bicyclic) bond motifs is 1. The number of nitrogens with zero attached hydrogens (tertiary/aromatic N) is 1. The van der Waals surface area contributed by atoms with E-state index in [2.05, 4.69) is 29.3 Å². The topological polar surface area (TPSA) is 74.9 Å². The minimum Gasteiger partial charge on any atom is -0.461 e. The summed E-state index contributed by atoms with van der Waals surface area (Å²) >= 11 is 0. The standard InChI is InChI=1S/C23H32N2O4/c1-4-19-18(17-7-5-6-8-20(17)29-19)13-25-11-9-23(10-12-25)15-22(3,27)21(14-28-23)24-16(2)26/h5-8,21,27H,4,9-15H2,1-3H3,(H,24,26)/t21-,22-/m0/s1. The van der Waals surface area contributed by atoms with Gasteiger partial charge in [0.15, 0.2) is 0 Å².